The van der Waals surface area contributed by atoms with Crippen LogP contribution in [0, 0.1) is 5.92 Å². The topological polar surface area (TPSA) is 137 Å². The van der Waals surface area contributed by atoms with Crippen molar-refractivity contribution >= 4 is 17.8 Å². The van der Waals surface area contributed by atoms with Crippen LogP contribution < -0.4 is 11.1 Å². The molecule has 1 saturated heterocycles. The summed E-state index contributed by atoms with van der Waals surface area (Å²) < 4.78 is 33.9. The first-order valence-corrected chi connectivity index (χ1v) is 8.46. The minimum Gasteiger partial charge on any atom is -0.444 e. The molecular weight excluding hydrogens is 352 g/mol. The second-order valence-electron chi connectivity index (χ2n) is 7.10. The van der Waals surface area contributed by atoms with Crippen LogP contribution in [0.4, 0.5) is 10.6 Å². The van der Waals surface area contributed by atoms with Crippen LogP contribution in [0.1, 0.15) is 53.1 Å². The van der Waals surface area contributed by atoms with Crippen molar-refractivity contribution < 1.29 is 23.2 Å². The lowest BCUT2D eigenvalue weighted by Gasteiger charge is -2.26. The number of hydrogen-bond acceptors (Lipinski definition) is 6. The second-order valence-corrected chi connectivity index (χ2v) is 7.10. The highest BCUT2D eigenvalue weighted by molar-refractivity contribution is 6.02. The molecule has 2 atom stereocenters. The van der Waals surface area contributed by atoms with E-state index >= 15 is 0 Å². The summed E-state index contributed by atoms with van der Waals surface area (Å²) in [5.41, 5.74) is 4.97. The van der Waals surface area contributed by atoms with E-state index < -0.39 is 24.6 Å². The highest BCUT2D eigenvalue weighted by Gasteiger charge is 2.34. The van der Waals surface area contributed by atoms with Crippen molar-refractivity contribution in [2.24, 2.45) is 18.6 Å². The Balaban J connectivity index is 1.60. The molecule has 0 spiro atoms. The van der Waals surface area contributed by atoms with Gasteiger partial charge in [0.25, 0.3) is 5.91 Å². The third-order valence-corrected chi connectivity index (χ3v) is 4.30. The summed E-state index contributed by atoms with van der Waals surface area (Å²) in [7, 11) is 0. The number of aromatic nitrogens is 4. The van der Waals surface area contributed by atoms with Gasteiger partial charge in [-0.05, 0) is 38.7 Å². The van der Waals surface area contributed by atoms with E-state index in [9.17, 15) is 9.59 Å². The van der Waals surface area contributed by atoms with Crippen molar-refractivity contribution in [2.45, 2.75) is 38.4 Å². The Bertz CT molecular complexity index is 923. The molecule has 4 N–H and O–H groups in total. The van der Waals surface area contributed by atoms with Crippen molar-refractivity contribution in [2.75, 3.05) is 11.9 Å². The molecule has 1 aliphatic rings. The molecule has 10 heteroatoms. The first kappa shape index (κ1) is 15.2. The van der Waals surface area contributed by atoms with Gasteiger partial charge >= 0.3 is 6.09 Å². The number of ether oxygens (including phenoxy) is 2. The largest absolute Gasteiger partial charge is 0.444 e. The summed E-state index contributed by atoms with van der Waals surface area (Å²) in [5, 5.41) is 13.1. The molecule has 0 bridgehead atoms. The molecule has 2 aromatic rings. The lowest BCUT2D eigenvalue weighted by molar-refractivity contribution is 0.0240. The number of aryl methyl sites for hydroxylation is 1. The highest BCUT2D eigenvalue weighted by Crippen LogP contribution is 2.36. The van der Waals surface area contributed by atoms with Gasteiger partial charge in [-0.2, -0.15) is 10.2 Å². The highest BCUT2D eigenvalue weighted by atomic mass is 16.6. The molecule has 27 heavy (non-hydrogen) atoms. The normalized spacial score (nSPS) is 21.9. The maximum atomic E-state index is 12.4. The Kier molecular flexibility index (Phi) is 4.16. The quantitative estimate of drug-likeness (QED) is 0.699. The first-order valence-electron chi connectivity index (χ1n) is 9.96. The van der Waals surface area contributed by atoms with E-state index in [1.54, 1.807) is 19.9 Å². The SMILES string of the molecule is [2H]C([2H])([2H])n1nccc1C(=O)Nc1cc([C@H]2C[C@H](CC(C)(C)OC(N)=O)CO2)[nH]n1. The summed E-state index contributed by atoms with van der Waals surface area (Å²) in [4.78, 5) is 23.4. The molecule has 0 aliphatic carbocycles. The molecule has 3 rings (SSSR count). The summed E-state index contributed by atoms with van der Waals surface area (Å²) in [6, 6.07) is 2.95. The third-order valence-electron chi connectivity index (χ3n) is 4.30. The minimum absolute atomic E-state index is 0.103. The number of nitrogens with two attached hydrogens (primary N) is 1. The Hall–Kier alpha value is -2.88. The van der Waals surface area contributed by atoms with E-state index in [4.69, 9.17) is 19.3 Å². The number of amides is 2. The smallest absolute Gasteiger partial charge is 0.405 e. The van der Waals surface area contributed by atoms with E-state index in [1.165, 1.54) is 12.3 Å². The molecule has 0 radical (unpaired) electrons. The number of primary amides is 1. The third kappa shape index (κ3) is 4.64. The summed E-state index contributed by atoms with van der Waals surface area (Å²) in [6.07, 6.45) is 1.43. The molecule has 2 amide bonds. The monoisotopic (exact) mass is 379 g/mol. The standard InChI is InChI=1S/C17H24N6O4/c1-17(2,27-16(18)25)8-10-6-13(26-9-10)11-7-14(22-21-11)20-15(24)12-4-5-19-23(12)3/h4-5,7,10,13H,6,8-9H2,1-3H3,(H2,18,25)(H2,20,21,22,24)/t10-,13-/m1/s1/i3D3. The Morgan fingerprint density at radius 1 is 1.59 bits per heavy atom. The molecule has 0 saturated carbocycles. The second kappa shape index (κ2) is 7.39. The fourth-order valence-electron chi connectivity index (χ4n) is 3.28. The lowest BCUT2D eigenvalue weighted by atomic mass is 9.91. The Morgan fingerprint density at radius 3 is 3.15 bits per heavy atom. The lowest BCUT2D eigenvalue weighted by Crippen LogP contribution is -2.33. The molecule has 0 unspecified atom stereocenters. The van der Waals surface area contributed by atoms with Crippen LogP contribution >= 0.6 is 0 Å². The average Bonchev–Trinajstić information content (AvgIpc) is 3.32. The van der Waals surface area contributed by atoms with Crippen molar-refractivity contribution in [3.63, 3.8) is 0 Å². The van der Waals surface area contributed by atoms with Gasteiger partial charge in [0, 0.05) is 23.4 Å². The number of H-pyrrole nitrogens is 1. The molecule has 146 valence electrons. The zero-order valence-electron chi connectivity index (χ0n) is 18.1. The molecule has 1 fully saturated rings. The maximum Gasteiger partial charge on any atom is 0.405 e. The van der Waals surface area contributed by atoms with Crippen LogP contribution in [0.3, 0.4) is 0 Å². The van der Waals surface area contributed by atoms with E-state index in [1.807, 2.05) is 0 Å². The fourth-order valence-corrected chi connectivity index (χ4v) is 3.28. The molecule has 10 nitrogen and oxygen atoms in total. The number of rotatable bonds is 6. The summed E-state index contributed by atoms with van der Waals surface area (Å²) in [6.45, 7) is 1.50. The van der Waals surface area contributed by atoms with Crippen LogP contribution in [-0.2, 0) is 16.4 Å². The van der Waals surface area contributed by atoms with Gasteiger partial charge in [-0.3, -0.25) is 14.6 Å². The number of anilines is 1. The molecule has 1 aliphatic heterocycles. The Labute approximate surface area is 160 Å². The zero-order valence-corrected chi connectivity index (χ0v) is 15.1. The van der Waals surface area contributed by atoms with Gasteiger partial charge in [0.2, 0.25) is 0 Å². The molecular formula is C17H24N6O4. The number of carbonyl (C=O) groups is 2. The predicted molar refractivity (Wildman–Crippen MR) is 95.9 cm³/mol. The molecule has 2 aromatic heterocycles. The zero-order chi connectivity index (χ0) is 22.1. The average molecular weight is 379 g/mol. The van der Waals surface area contributed by atoms with E-state index in [2.05, 4.69) is 20.6 Å². The predicted octanol–water partition coefficient (Wildman–Crippen LogP) is 1.74. The van der Waals surface area contributed by atoms with Gasteiger partial charge in [-0.1, -0.05) is 0 Å². The van der Waals surface area contributed by atoms with Crippen LogP contribution in [0.25, 0.3) is 0 Å². The van der Waals surface area contributed by atoms with Gasteiger partial charge in [0.05, 0.1) is 18.4 Å². The molecule has 3 heterocycles. The number of nitrogens with zero attached hydrogens (tertiary/aromatic N) is 3. The van der Waals surface area contributed by atoms with Crippen LogP contribution in [0.5, 0.6) is 0 Å². The van der Waals surface area contributed by atoms with Crippen molar-refractivity contribution in [3.05, 3.63) is 29.7 Å². The van der Waals surface area contributed by atoms with Gasteiger partial charge in [0.15, 0.2) is 5.82 Å². The van der Waals surface area contributed by atoms with Gasteiger partial charge in [0.1, 0.15) is 11.3 Å². The van der Waals surface area contributed by atoms with Gasteiger partial charge in [-0.25, -0.2) is 4.79 Å². The summed E-state index contributed by atoms with van der Waals surface area (Å²) >= 11 is 0. The fraction of sp³-hybridized carbons (Fsp3) is 0.529. The van der Waals surface area contributed by atoms with E-state index in [-0.39, 0.29) is 23.5 Å². The van der Waals surface area contributed by atoms with Crippen LogP contribution in [0.15, 0.2) is 18.3 Å². The van der Waals surface area contributed by atoms with Crippen molar-refractivity contribution in [1.82, 2.24) is 20.0 Å². The summed E-state index contributed by atoms with van der Waals surface area (Å²) in [5.74, 6) is -0.255. The number of hydrogen-bond donors (Lipinski definition) is 3. The van der Waals surface area contributed by atoms with E-state index in [0.717, 1.165) is 0 Å². The number of aromatic amines is 1. The van der Waals surface area contributed by atoms with Crippen molar-refractivity contribution in [3.8, 4) is 0 Å². The molecule has 0 aromatic carbocycles. The Morgan fingerprint density at radius 2 is 2.41 bits per heavy atom. The van der Waals surface area contributed by atoms with Gasteiger partial charge in [-0.15, -0.1) is 0 Å². The van der Waals surface area contributed by atoms with E-state index in [0.29, 0.717) is 29.8 Å². The minimum atomic E-state index is -2.56. The number of nitrogens with one attached hydrogen (secondary N) is 2. The maximum absolute atomic E-state index is 12.4. The van der Waals surface area contributed by atoms with Crippen LogP contribution in [0.2, 0.25) is 0 Å². The number of carbonyl (C=O) groups excluding carboxylic acids is 2. The van der Waals surface area contributed by atoms with Crippen molar-refractivity contribution in [1.29, 1.82) is 0 Å². The van der Waals surface area contributed by atoms with Crippen LogP contribution in [-0.4, -0.2) is 44.2 Å². The van der Waals surface area contributed by atoms with Gasteiger partial charge < -0.3 is 20.5 Å². The first-order chi connectivity index (χ1) is 13.9.